The topological polar surface area (TPSA) is 29.1 Å². The van der Waals surface area contributed by atoms with E-state index in [4.69, 9.17) is 0 Å². The molecule has 24 heavy (non-hydrogen) atoms. The van der Waals surface area contributed by atoms with Crippen molar-refractivity contribution in [3.63, 3.8) is 0 Å². The number of carbonyl (C=O) groups is 1. The Kier molecular flexibility index (Phi) is 6.72. The van der Waals surface area contributed by atoms with E-state index in [1.807, 2.05) is 0 Å². The smallest absolute Gasteiger partial charge is 0.268 e. The fourth-order valence-electron chi connectivity index (χ4n) is 4.81. The van der Waals surface area contributed by atoms with Crippen LogP contribution in [0.25, 0.3) is 0 Å². The first-order chi connectivity index (χ1) is 10.9. The number of anilines is 1. The SMILES string of the molecule is CC[P+]1(C2(C(=O)Nc3c(C)cc(C)cc3C)CC2)CCCCC1.[Y]. The number of hydrogen-bond acceptors (Lipinski definition) is 1. The van der Waals surface area contributed by atoms with Gasteiger partial charge in [-0.1, -0.05) is 17.7 Å². The molecule has 0 bridgehead atoms. The van der Waals surface area contributed by atoms with E-state index in [1.54, 1.807) is 0 Å². The Bertz CT molecular complexity index is 595. The van der Waals surface area contributed by atoms with Crippen LogP contribution in [-0.2, 0) is 37.5 Å². The number of amides is 1. The van der Waals surface area contributed by atoms with Crippen molar-refractivity contribution in [2.45, 2.75) is 65.0 Å². The Balaban J connectivity index is 0.00000208. The minimum absolute atomic E-state index is 0. The van der Waals surface area contributed by atoms with Crippen molar-refractivity contribution in [2.24, 2.45) is 0 Å². The van der Waals surface area contributed by atoms with Crippen molar-refractivity contribution in [1.82, 2.24) is 0 Å². The molecule has 1 amide bonds. The molecule has 1 aromatic carbocycles. The van der Waals surface area contributed by atoms with Gasteiger partial charge in [0, 0.05) is 58.5 Å². The number of nitrogens with one attached hydrogen (secondary N) is 1. The summed E-state index contributed by atoms with van der Waals surface area (Å²) in [6.45, 7) is 8.68. The average Bonchev–Trinajstić information content (AvgIpc) is 3.33. The van der Waals surface area contributed by atoms with Gasteiger partial charge in [0.2, 0.25) is 0 Å². The first kappa shape index (κ1) is 20.5. The molecule has 0 atom stereocenters. The van der Waals surface area contributed by atoms with Gasteiger partial charge in [0.05, 0.1) is 18.5 Å². The van der Waals surface area contributed by atoms with E-state index in [0.29, 0.717) is 5.91 Å². The van der Waals surface area contributed by atoms with Crippen LogP contribution < -0.4 is 5.32 Å². The molecular weight excluding hydrogens is 390 g/mol. The maximum atomic E-state index is 13.3. The fraction of sp³-hybridized carbons (Fsp3) is 0.650. The van der Waals surface area contributed by atoms with Crippen molar-refractivity contribution < 1.29 is 37.5 Å². The molecule has 1 radical (unpaired) electrons. The van der Waals surface area contributed by atoms with E-state index in [1.165, 1.54) is 54.4 Å². The van der Waals surface area contributed by atoms with Gasteiger partial charge in [-0.2, -0.15) is 0 Å². The Morgan fingerprint density at radius 3 is 2.08 bits per heavy atom. The zero-order valence-electron chi connectivity index (χ0n) is 15.7. The van der Waals surface area contributed by atoms with Crippen LogP contribution in [0.4, 0.5) is 5.69 Å². The standard InChI is InChI=1S/C20H30NOP.Y/c1-5-23(11-7-6-8-12-23)20(9-10-20)19(22)21-18-16(3)13-15(2)14-17(18)4;/h13-14H,5-12H2,1-4H3;/p+1. The summed E-state index contributed by atoms with van der Waals surface area (Å²) >= 11 is 0. The van der Waals surface area contributed by atoms with Gasteiger partial charge in [-0.3, -0.25) is 4.79 Å². The van der Waals surface area contributed by atoms with Crippen LogP contribution >= 0.6 is 7.26 Å². The molecule has 129 valence electrons. The zero-order valence-corrected chi connectivity index (χ0v) is 19.5. The van der Waals surface area contributed by atoms with Crippen molar-refractivity contribution in [3.8, 4) is 0 Å². The Morgan fingerprint density at radius 2 is 1.62 bits per heavy atom. The van der Waals surface area contributed by atoms with Crippen molar-refractivity contribution in [2.75, 3.05) is 23.8 Å². The number of carbonyl (C=O) groups excluding carboxylic acids is 1. The first-order valence-corrected chi connectivity index (χ1v) is 11.5. The Morgan fingerprint density at radius 1 is 1.08 bits per heavy atom. The average molecular weight is 421 g/mol. The quantitative estimate of drug-likeness (QED) is 0.657. The first-order valence-electron chi connectivity index (χ1n) is 9.20. The summed E-state index contributed by atoms with van der Waals surface area (Å²) < 4.78 is 0. The predicted octanol–water partition coefficient (Wildman–Crippen LogP) is 5.30. The molecule has 4 heteroatoms. The van der Waals surface area contributed by atoms with Crippen LogP contribution in [0.2, 0.25) is 0 Å². The third-order valence-corrected chi connectivity index (χ3v) is 12.3. The molecule has 1 N–H and O–H groups in total. The Hall–Kier alpha value is 0.224. The fourth-order valence-corrected chi connectivity index (χ4v) is 10.3. The van der Waals surface area contributed by atoms with E-state index < -0.39 is 7.26 Å². The van der Waals surface area contributed by atoms with Gasteiger partial charge in [-0.15, -0.1) is 0 Å². The van der Waals surface area contributed by atoms with Gasteiger partial charge in [0.25, 0.3) is 5.91 Å². The van der Waals surface area contributed by atoms with Crippen molar-refractivity contribution in [1.29, 1.82) is 0 Å². The van der Waals surface area contributed by atoms with Gasteiger partial charge in [0.15, 0.2) is 5.16 Å². The van der Waals surface area contributed by atoms with Gasteiger partial charge in [0.1, 0.15) is 0 Å². The van der Waals surface area contributed by atoms with Crippen molar-refractivity contribution in [3.05, 3.63) is 28.8 Å². The second-order valence-electron chi connectivity index (χ2n) is 7.73. The largest absolute Gasteiger partial charge is 0.322 e. The molecule has 1 aliphatic heterocycles. The van der Waals surface area contributed by atoms with Gasteiger partial charge >= 0.3 is 0 Å². The predicted molar refractivity (Wildman–Crippen MR) is 102 cm³/mol. The summed E-state index contributed by atoms with van der Waals surface area (Å²) in [7, 11) is -1.11. The second kappa shape index (κ2) is 7.85. The minimum atomic E-state index is -1.11. The molecule has 2 aliphatic rings. The van der Waals surface area contributed by atoms with Crippen LogP contribution in [0.15, 0.2) is 12.1 Å². The van der Waals surface area contributed by atoms with E-state index >= 15 is 0 Å². The molecular formula is C20H31NOPY+. The molecule has 0 spiro atoms. The van der Waals surface area contributed by atoms with E-state index in [0.717, 1.165) is 18.5 Å². The van der Waals surface area contributed by atoms with Crippen molar-refractivity contribution >= 4 is 18.9 Å². The third kappa shape index (κ3) is 3.53. The Labute approximate surface area is 173 Å². The molecule has 1 heterocycles. The summed E-state index contributed by atoms with van der Waals surface area (Å²) in [4.78, 5) is 13.3. The molecule has 1 aromatic rings. The number of benzene rings is 1. The molecule has 2 fully saturated rings. The van der Waals surface area contributed by atoms with Crippen LogP contribution in [0, 0.1) is 20.8 Å². The molecule has 2 nitrogen and oxygen atoms in total. The summed E-state index contributed by atoms with van der Waals surface area (Å²) in [5.41, 5.74) is 4.71. The van der Waals surface area contributed by atoms with Crippen LogP contribution in [0.1, 0.15) is 55.7 Å². The van der Waals surface area contributed by atoms with Crippen LogP contribution in [0.3, 0.4) is 0 Å². The third-order valence-electron chi connectivity index (χ3n) is 6.25. The molecule has 3 rings (SSSR count). The van der Waals surface area contributed by atoms with Gasteiger partial charge < -0.3 is 5.32 Å². The van der Waals surface area contributed by atoms with E-state index in [9.17, 15) is 4.79 Å². The maximum Gasteiger partial charge on any atom is 0.268 e. The summed E-state index contributed by atoms with van der Waals surface area (Å²) in [5, 5.41) is 3.37. The van der Waals surface area contributed by atoms with E-state index in [-0.39, 0.29) is 37.9 Å². The number of aryl methyl sites for hydroxylation is 3. The van der Waals surface area contributed by atoms with Gasteiger partial charge in [-0.05, 0) is 58.1 Å². The normalized spacial score (nSPS) is 20.8. The maximum absolute atomic E-state index is 13.3. The molecule has 0 aromatic heterocycles. The summed E-state index contributed by atoms with van der Waals surface area (Å²) in [6.07, 6.45) is 10.3. The number of rotatable bonds is 4. The molecule has 1 saturated heterocycles. The van der Waals surface area contributed by atoms with Crippen LogP contribution in [0.5, 0.6) is 0 Å². The summed E-state index contributed by atoms with van der Waals surface area (Å²) in [6, 6.07) is 4.35. The molecule has 1 aliphatic carbocycles. The second-order valence-corrected chi connectivity index (χ2v) is 12.4. The van der Waals surface area contributed by atoms with Crippen LogP contribution in [-0.4, -0.2) is 29.5 Å². The monoisotopic (exact) mass is 421 g/mol. The van der Waals surface area contributed by atoms with E-state index in [2.05, 4.69) is 45.1 Å². The molecule has 0 unspecified atom stereocenters. The summed E-state index contributed by atoms with van der Waals surface area (Å²) in [5.74, 6) is 0.338. The molecule has 1 saturated carbocycles. The number of hydrogen-bond donors (Lipinski definition) is 1. The van der Waals surface area contributed by atoms with Gasteiger partial charge in [-0.25, -0.2) is 0 Å². The minimum Gasteiger partial charge on any atom is -0.322 e. The zero-order chi connectivity index (χ0) is 16.7.